The number of fused-ring (bicyclic) bond motifs is 1. The molecule has 4 aromatic rings. The minimum absolute atomic E-state index is 0.355. The number of nitrogens with one attached hydrogen (secondary N) is 1. The van der Waals surface area contributed by atoms with Gasteiger partial charge in [0.15, 0.2) is 0 Å². The molecule has 0 spiro atoms. The molecule has 0 saturated heterocycles. The fourth-order valence-corrected chi connectivity index (χ4v) is 3.13. The van der Waals surface area contributed by atoms with Gasteiger partial charge in [0, 0.05) is 15.4 Å². The highest BCUT2D eigenvalue weighted by atomic mass is 79.9. The van der Waals surface area contributed by atoms with Crippen molar-refractivity contribution in [2.24, 2.45) is 5.10 Å². The molecule has 0 unspecified atom stereocenters. The summed E-state index contributed by atoms with van der Waals surface area (Å²) in [6, 6.07) is 18.4. The number of halogens is 1. The fraction of sp³-hybridized carbons (Fsp3) is 0.0455. The summed E-state index contributed by atoms with van der Waals surface area (Å²) in [6.07, 6.45) is 2.98. The van der Waals surface area contributed by atoms with E-state index in [4.69, 9.17) is 14.1 Å². The molecule has 4 rings (SSSR count). The third-order valence-electron chi connectivity index (χ3n) is 4.30. The van der Waals surface area contributed by atoms with Crippen molar-refractivity contribution in [3.8, 4) is 17.0 Å². The van der Waals surface area contributed by atoms with Crippen molar-refractivity contribution in [2.75, 3.05) is 7.11 Å². The summed E-state index contributed by atoms with van der Waals surface area (Å²) in [5.74, 6) is 0.831. The predicted octanol–water partition coefficient (Wildman–Crippen LogP) is 5.03. The predicted molar refractivity (Wildman–Crippen MR) is 115 cm³/mol. The first-order valence-corrected chi connectivity index (χ1v) is 9.55. The van der Waals surface area contributed by atoms with Crippen LogP contribution in [0.1, 0.15) is 16.1 Å². The number of aromatic nitrogens is 1. The quantitative estimate of drug-likeness (QED) is 0.342. The Balaban J connectivity index is 1.76. The summed E-state index contributed by atoms with van der Waals surface area (Å²) in [6.45, 7) is 0. The number of amides is 1. The number of rotatable bonds is 5. The van der Waals surface area contributed by atoms with E-state index in [9.17, 15) is 4.79 Å². The van der Waals surface area contributed by atoms with Crippen molar-refractivity contribution in [2.45, 2.75) is 0 Å². The number of hydrogen-bond acceptors (Lipinski definition) is 5. The molecule has 2 aromatic heterocycles. The minimum Gasteiger partial charge on any atom is -0.497 e. The Morgan fingerprint density at radius 1 is 1.17 bits per heavy atom. The van der Waals surface area contributed by atoms with Gasteiger partial charge in [0.05, 0.1) is 36.4 Å². The molecule has 29 heavy (non-hydrogen) atoms. The van der Waals surface area contributed by atoms with Crippen molar-refractivity contribution < 1.29 is 13.9 Å². The molecule has 0 aliphatic heterocycles. The number of carbonyl (C=O) groups is 1. The maximum absolute atomic E-state index is 12.9. The van der Waals surface area contributed by atoms with Crippen molar-refractivity contribution >= 4 is 39.0 Å². The van der Waals surface area contributed by atoms with E-state index in [1.807, 2.05) is 36.4 Å². The number of pyridine rings is 1. The number of benzene rings is 2. The number of hydrazone groups is 1. The van der Waals surface area contributed by atoms with E-state index in [1.165, 1.54) is 12.5 Å². The number of carbonyl (C=O) groups excluding carboxylic acids is 1. The van der Waals surface area contributed by atoms with Crippen LogP contribution in [0, 0.1) is 0 Å². The Morgan fingerprint density at radius 2 is 2.00 bits per heavy atom. The van der Waals surface area contributed by atoms with Gasteiger partial charge in [-0.3, -0.25) is 4.79 Å². The first-order chi connectivity index (χ1) is 14.1. The third-order valence-corrected chi connectivity index (χ3v) is 4.83. The first-order valence-electron chi connectivity index (χ1n) is 8.76. The molecule has 0 radical (unpaired) electrons. The van der Waals surface area contributed by atoms with E-state index in [0.717, 1.165) is 10.0 Å². The van der Waals surface area contributed by atoms with Gasteiger partial charge in [-0.05, 0) is 48.5 Å². The Bertz CT molecular complexity index is 1190. The lowest BCUT2D eigenvalue weighted by atomic mass is 10.0. The first kappa shape index (κ1) is 18.9. The van der Waals surface area contributed by atoms with Crippen LogP contribution in [0.15, 0.2) is 80.9 Å². The maximum atomic E-state index is 12.9. The van der Waals surface area contributed by atoms with E-state index in [-0.39, 0.29) is 5.91 Å². The van der Waals surface area contributed by atoms with E-state index >= 15 is 0 Å². The number of methoxy groups -OCH3 is 1. The second-order valence-corrected chi connectivity index (χ2v) is 7.08. The number of ether oxygens (including phenoxy) is 1. The van der Waals surface area contributed by atoms with Gasteiger partial charge in [0.2, 0.25) is 0 Å². The standard InChI is InChI=1S/C22H16BrN3O3/c1-28-16-8-9-20-18(11-16)19(22(27)26-24-13-17-3-2-10-29-17)12-21(25-20)14-4-6-15(23)7-5-14/h2-13H,1H3,(H,26,27). The largest absolute Gasteiger partial charge is 0.497 e. The molecule has 6 nitrogen and oxygen atoms in total. The summed E-state index contributed by atoms with van der Waals surface area (Å²) >= 11 is 3.43. The monoisotopic (exact) mass is 449 g/mol. The average molecular weight is 450 g/mol. The lowest BCUT2D eigenvalue weighted by Gasteiger charge is -2.10. The SMILES string of the molecule is COc1ccc2nc(-c3ccc(Br)cc3)cc(C(=O)NN=Cc3ccco3)c2c1. The van der Waals surface area contributed by atoms with Crippen LogP contribution < -0.4 is 10.2 Å². The zero-order chi connectivity index (χ0) is 20.2. The lowest BCUT2D eigenvalue weighted by molar-refractivity contribution is 0.0956. The van der Waals surface area contributed by atoms with Crippen LogP contribution in [0.5, 0.6) is 5.75 Å². The number of hydrogen-bond donors (Lipinski definition) is 1. The average Bonchev–Trinajstić information content (AvgIpc) is 3.26. The molecule has 1 N–H and O–H groups in total. The molecule has 2 aromatic carbocycles. The van der Waals surface area contributed by atoms with Gasteiger partial charge in [-0.25, -0.2) is 10.4 Å². The van der Waals surface area contributed by atoms with Crippen molar-refractivity contribution in [1.82, 2.24) is 10.4 Å². The van der Waals surface area contributed by atoms with E-state index in [2.05, 4.69) is 26.5 Å². The summed E-state index contributed by atoms with van der Waals surface area (Å²) in [5, 5.41) is 4.65. The van der Waals surface area contributed by atoms with Crippen LogP contribution in [0.25, 0.3) is 22.2 Å². The molecule has 0 atom stereocenters. The van der Waals surface area contributed by atoms with Gasteiger partial charge < -0.3 is 9.15 Å². The molecule has 0 aliphatic rings. The molecule has 144 valence electrons. The van der Waals surface area contributed by atoms with Crippen LogP contribution >= 0.6 is 15.9 Å². The van der Waals surface area contributed by atoms with E-state index in [0.29, 0.717) is 33.7 Å². The smallest absolute Gasteiger partial charge is 0.272 e. The summed E-state index contributed by atoms with van der Waals surface area (Å²) in [4.78, 5) is 17.6. The zero-order valence-corrected chi connectivity index (χ0v) is 17.0. The van der Waals surface area contributed by atoms with Crippen LogP contribution in [0.3, 0.4) is 0 Å². The van der Waals surface area contributed by atoms with Crippen LogP contribution in [-0.4, -0.2) is 24.2 Å². The Hall–Kier alpha value is -3.45. The second kappa shape index (κ2) is 8.28. The van der Waals surface area contributed by atoms with Crippen LogP contribution in [0.4, 0.5) is 0 Å². The van der Waals surface area contributed by atoms with E-state index < -0.39 is 0 Å². The van der Waals surface area contributed by atoms with Crippen LogP contribution in [-0.2, 0) is 0 Å². The molecular weight excluding hydrogens is 434 g/mol. The maximum Gasteiger partial charge on any atom is 0.272 e. The normalized spacial score (nSPS) is 11.1. The lowest BCUT2D eigenvalue weighted by Crippen LogP contribution is -2.18. The highest BCUT2D eigenvalue weighted by Gasteiger charge is 2.15. The molecule has 0 aliphatic carbocycles. The highest BCUT2D eigenvalue weighted by Crippen LogP contribution is 2.28. The molecule has 0 bridgehead atoms. The summed E-state index contributed by atoms with van der Waals surface area (Å²) in [7, 11) is 1.58. The number of nitrogens with zero attached hydrogens (tertiary/aromatic N) is 2. The van der Waals surface area contributed by atoms with Crippen molar-refractivity contribution in [3.05, 3.63) is 82.7 Å². The molecule has 0 fully saturated rings. The molecule has 2 heterocycles. The second-order valence-electron chi connectivity index (χ2n) is 6.16. The highest BCUT2D eigenvalue weighted by molar-refractivity contribution is 9.10. The van der Waals surface area contributed by atoms with Crippen LogP contribution in [0.2, 0.25) is 0 Å². The summed E-state index contributed by atoms with van der Waals surface area (Å²) in [5.41, 5.74) is 5.28. The fourth-order valence-electron chi connectivity index (χ4n) is 2.87. The van der Waals surface area contributed by atoms with Gasteiger partial charge >= 0.3 is 0 Å². The van der Waals surface area contributed by atoms with Gasteiger partial charge in [-0.1, -0.05) is 28.1 Å². The molecule has 1 amide bonds. The van der Waals surface area contributed by atoms with Crippen molar-refractivity contribution in [1.29, 1.82) is 0 Å². The zero-order valence-electron chi connectivity index (χ0n) is 15.4. The molecule has 0 saturated carbocycles. The Kier molecular flexibility index (Phi) is 5.39. The van der Waals surface area contributed by atoms with Gasteiger partial charge in [-0.15, -0.1) is 0 Å². The van der Waals surface area contributed by atoms with E-state index in [1.54, 1.807) is 31.4 Å². The third kappa shape index (κ3) is 4.20. The van der Waals surface area contributed by atoms with Gasteiger partial charge in [-0.2, -0.15) is 5.10 Å². The Morgan fingerprint density at radius 3 is 2.72 bits per heavy atom. The van der Waals surface area contributed by atoms with Gasteiger partial charge in [0.1, 0.15) is 11.5 Å². The topological polar surface area (TPSA) is 76.7 Å². The molecule has 7 heteroatoms. The van der Waals surface area contributed by atoms with Gasteiger partial charge in [0.25, 0.3) is 5.91 Å². The molecular formula is C22H16BrN3O3. The minimum atomic E-state index is -0.355. The summed E-state index contributed by atoms with van der Waals surface area (Å²) < 4.78 is 11.5. The van der Waals surface area contributed by atoms with Crippen molar-refractivity contribution in [3.63, 3.8) is 0 Å². The number of furan rings is 1. The Labute approximate surface area is 175 Å².